The predicted molar refractivity (Wildman–Crippen MR) is 172 cm³/mol. The third-order valence-electron chi connectivity index (χ3n) is 7.27. The van der Waals surface area contributed by atoms with Crippen LogP contribution in [0.1, 0.15) is 74.6 Å². The summed E-state index contributed by atoms with van der Waals surface area (Å²) in [5.74, 6) is 1.71. The molecule has 3 N–H and O–H groups in total. The Morgan fingerprint density at radius 3 is 2.42 bits per heavy atom. The molecule has 1 aliphatic rings. The number of aryl methyl sites for hydroxylation is 1. The normalized spacial score (nSPS) is 14.4. The summed E-state index contributed by atoms with van der Waals surface area (Å²) >= 11 is 0. The molecule has 1 amide bonds. The summed E-state index contributed by atoms with van der Waals surface area (Å²) in [6.45, 7) is 13.7. The minimum Gasteiger partial charge on any atom is -0.487 e. The van der Waals surface area contributed by atoms with Crippen LogP contribution in [0, 0.1) is 12.8 Å². The van der Waals surface area contributed by atoms with E-state index in [0.717, 1.165) is 55.4 Å². The van der Waals surface area contributed by atoms with Crippen LogP contribution >= 0.6 is 0 Å². The highest BCUT2D eigenvalue weighted by atomic mass is 32.2. The predicted octanol–water partition coefficient (Wildman–Crippen LogP) is 6.43. The molecule has 232 valence electrons. The van der Waals surface area contributed by atoms with Gasteiger partial charge in [-0.25, -0.2) is 8.42 Å². The van der Waals surface area contributed by atoms with Crippen LogP contribution in [0.2, 0.25) is 0 Å². The summed E-state index contributed by atoms with van der Waals surface area (Å²) in [6, 6.07) is 12.7. The first-order chi connectivity index (χ1) is 20.2. The van der Waals surface area contributed by atoms with Crippen molar-refractivity contribution in [3.05, 3.63) is 71.0 Å². The van der Waals surface area contributed by atoms with E-state index in [-0.39, 0.29) is 28.9 Å². The minimum absolute atomic E-state index is 0.253. The van der Waals surface area contributed by atoms with E-state index in [4.69, 9.17) is 9.47 Å². The molecule has 0 atom stereocenters. The highest BCUT2D eigenvalue weighted by molar-refractivity contribution is 7.92. The maximum absolute atomic E-state index is 13.6. The van der Waals surface area contributed by atoms with Crippen molar-refractivity contribution in [2.75, 3.05) is 29.4 Å². The van der Waals surface area contributed by atoms with Crippen molar-refractivity contribution in [3.8, 4) is 17.2 Å². The monoisotopic (exact) mass is 608 g/mol. The molecule has 9 nitrogen and oxygen atoms in total. The van der Waals surface area contributed by atoms with E-state index in [9.17, 15) is 13.2 Å². The number of aromatic nitrogens is 1. The quantitative estimate of drug-likeness (QED) is 0.243. The van der Waals surface area contributed by atoms with Gasteiger partial charge in [0.1, 0.15) is 11.5 Å². The molecule has 0 saturated carbocycles. The molecule has 1 aromatic heterocycles. The fourth-order valence-corrected chi connectivity index (χ4v) is 5.53. The number of anilines is 2. The van der Waals surface area contributed by atoms with Crippen molar-refractivity contribution in [2.45, 2.75) is 72.3 Å². The molecule has 0 unspecified atom stereocenters. The second-order valence-electron chi connectivity index (χ2n) is 12.6. The van der Waals surface area contributed by atoms with Gasteiger partial charge >= 0.3 is 0 Å². The largest absolute Gasteiger partial charge is 0.487 e. The molecular formula is C33H44N4O5S. The van der Waals surface area contributed by atoms with Crippen molar-refractivity contribution in [1.29, 1.82) is 0 Å². The van der Waals surface area contributed by atoms with E-state index in [1.807, 2.05) is 65.8 Å². The molecule has 1 fully saturated rings. The third-order valence-corrected chi connectivity index (χ3v) is 7.87. The van der Waals surface area contributed by atoms with E-state index in [1.54, 1.807) is 24.4 Å². The van der Waals surface area contributed by atoms with E-state index in [0.29, 0.717) is 28.7 Å². The smallest absolute Gasteiger partial charge is 0.255 e. The molecule has 43 heavy (non-hydrogen) atoms. The van der Waals surface area contributed by atoms with Crippen LogP contribution in [0.3, 0.4) is 0 Å². The minimum atomic E-state index is -3.61. The summed E-state index contributed by atoms with van der Waals surface area (Å²) in [5.41, 5.74) is 3.40. The number of sulfonamides is 1. The number of hydrogen-bond acceptors (Lipinski definition) is 7. The number of amides is 1. The van der Waals surface area contributed by atoms with Crippen LogP contribution in [0.5, 0.6) is 17.2 Å². The SMILES string of the molecule is Cc1ccc(C(=O)Nc2cc(C(C)(C)C)cc(NS(C)(=O)=O)c2OC(C)C)cc1Oc1ccnc(CC2CCNCC2)c1. The van der Waals surface area contributed by atoms with E-state index in [2.05, 4.69) is 20.3 Å². The number of nitrogens with one attached hydrogen (secondary N) is 3. The summed E-state index contributed by atoms with van der Waals surface area (Å²) < 4.78 is 39.3. The Bertz CT molecular complexity index is 1560. The number of piperidine rings is 1. The standard InChI is InChI=1S/C33H44N4O5S/c1-21(2)41-31-28(18-25(33(4,5)6)19-29(31)37-43(7,39)40)36-32(38)24-9-8-22(3)30(17-24)42-27-12-15-35-26(20-27)16-23-10-13-34-14-11-23/h8-9,12,15,17-21,23,34,37H,10-11,13-14,16H2,1-7H3,(H,36,38). The molecule has 0 radical (unpaired) electrons. The van der Waals surface area contributed by atoms with Crippen LogP contribution in [-0.2, 0) is 21.9 Å². The first-order valence-electron chi connectivity index (χ1n) is 14.8. The zero-order valence-electron chi connectivity index (χ0n) is 26.2. The van der Waals surface area contributed by atoms with Gasteiger partial charge in [-0.2, -0.15) is 0 Å². The van der Waals surface area contributed by atoms with Gasteiger partial charge in [0.25, 0.3) is 5.91 Å². The number of pyridine rings is 1. The lowest BCUT2D eigenvalue weighted by Crippen LogP contribution is -2.28. The Balaban J connectivity index is 1.62. The zero-order valence-corrected chi connectivity index (χ0v) is 27.0. The Morgan fingerprint density at radius 2 is 1.77 bits per heavy atom. The van der Waals surface area contributed by atoms with Gasteiger partial charge < -0.3 is 20.1 Å². The lowest BCUT2D eigenvalue weighted by Gasteiger charge is -2.25. The van der Waals surface area contributed by atoms with Crippen LogP contribution in [-0.4, -0.2) is 44.8 Å². The number of rotatable bonds is 10. The summed E-state index contributed by atoms with van der Waals surface area (Å²) in [7, 11) is -3.61. The number of carbonyl (C=O) groups is 1. The average Bonchev–Trinajstić information content (AvgIpc) is 2.90. The van der Waals surface area contributed by atoms with E-state index < -0.39 is 10.0 Å². The Hall–Kier alpha value is -3.63. The van der Waals surface area contributed by atoms with Gasteiger partial charge in [0, 0.05) is 23.5 Å². The molecule has 0 spiro atoms. The summed E-state index contributed by atoms with van der Waals surface area (Å²) in [5, 5.41) is 6.37. The molecule has 0 aliphatic carbocycles. The molecule has 2 heterocycles. The molecule has 10 heteroatoms. The van der Waals surface area contributed by atoms with Crippen molar-refractivity contribution in [2.24, 2.45) is 5.92 Å². The molecule has 0 bridgehead atoms. The topological polar surface area (TPSA) is 119 Å². The van der Waals surface area contributed by atoms with Gasteiger partial charge in [0.2, 0.25) is 10.0 Å². The highest BCUT2D eigenvalue weighted by Gasteiger charge is 2.24. The van der Waals surface area contributed by atoms with Gasteiger partial charge in [0.15, 0.2) is 5.75 Å². The Kier molecular flexibility index (Phi) is 10.0. The maximum atomic E-state index is 13.6. The van der Waals surface area contributed by atoms with Crippen molar-refractivity contribution in [3.63, 3.8) is 0 Å². The van der Waals surface area contributed by atoms with E-state index in [1.165, 1.54) is 0 Å². The summed E-state index contributed by atoms with van der Waals surface area (Å²) in [4.78, 5) is 18.2. The molecular weight excluding hydrogens is 564 g/mol. The van der Waals surface area contributed by atoms with Gasteiger partial charge in [-0.1, -0.05) is 26.8 Å². The van der Waals surface area contributed by atoms with Crippen LogP contribution in [0.4, 0.5) is 11.4 Å². The average molecular weight is 609 g/mol. The van der Waals surface area contributed by atoms with Gasteiger partial charge in [0.05, 0.1) is 23.7 Å². The number of ether oxygens (including phenoxy) is 2. The number of hydrogen-bond donors (Lipinski definition) is 3. The molecule has 1 aliphatic heterocycles. The highest BCUT2D eigenvalue weighted by Crippen LogP contribution is 2.40. The maximum Gasteiger partial charge on any atom is 0.255 e. The van der Waals surface area contributed by atoms with Gasteiger partial charge in [-0.15, -0.1) is 0 Å². The second kappa shape index (κ2) is 13.3. The third kappa shape index (κ3) is 9.18. The molecule has 3 aromatic rings. The first-order valence-corrected chi connectivity index (χ1v) is 16.7. The second-order valence-corrected chi connectivity index (χ2v) is 14.4. The number of benzene rings is 2. The molecule has 2 aromatic carbocycles. The Labute approximate surface area is 255 Å². The van der Waals surface area contributed by atoms with Crippen LogP contribution < -0.4 is 24.8 Å². The van der Waals surface area contributed by atoms with Crippen molar-refractivity contribution < 1.29 is 22.7 Å². The van der Waals surface area contributed by atoms with Crippen molar-refractivity contribution >= 4 is 27.3 Å². The van der Waals surface area contributed by atoms with Gasteiger partial charge in [-0.3, -0.25) is 14.5 Å². The zero-order chi connectivity index (χ0) is 31.4. The fourth-order valence-electron chi connectivity index (χ4n) is 4.98. The lowest BCUT2D eigenvalue weighted by atomic mass is 9.86. The fraction of sp³-hybridized carbons (Fsp3) is 0.455. The molecule has 4 rings (SSSR count). The Morgan fingerprint density at radius 1 is 1.07 bits per heavy atom. The first kappa shape index (κ1) is 32.3. The van der Waals surface area contributed by atoms with Crippen LogP contribution in [0.25, 0.3) is 0 Å². The van der Waals surface area contributed by atoms with E-state index >= 15 is 0 Å². The van der Waals surface area contributed by atoms with Gasteiger partial charge in [-0.05, 0) is 106 Å². The van der Waals surface area contributed by atoms with Crippen LogP contribution in [0.15, 0.2) is 48.7 Å². The molecule has 1 saturated heterocycles. The number of nitrogens with zero attached hydrogens (tertiary/aromatic N) is 1. The lowest BCUT2D eigenvalue weighted by molar-refractivity contribution is 0.102. The van der Waals surface area contributed by atoms with Crippen molar-refractivity contribution in [1.82, 2.24) is 10.3 Å². The number of carbonyl (C=O) groups excluding carboxylic acids is 1. The summed E-state index contributed by atoms with van der Waals surface area (Å²) in [6.07, 6.45) is 5.76.